The fraction of sp³-hybridized carbons (Fsp3) is 1.00. The molecule has 6 unspecified atom stereocenters. The SMILES string of the molecule is CC1O[C@@H]2OCCCCCC3C(CO)O[C@H](OC1[C@H](O)C2O)C(O)[C@H]3O. The van der Waals surface area contributed by atoms with Crippen LogP contribution in [0.1, 0.15) is 32.6 Å². The Kier molecular flexibility index (Phi) is 6.87. The molecular formula is C17H30O9. The average Bonchev–Trinajstić information content (AvgIpc) is 2.63. The molecule has 4 bridgehead atoms. The van der Waals surface area contributed by atoms with Crippen LogP contribution < -0.4 is 0 Å². The maximum atomic E-state index is 10.5. The average molecular weight is 378 g/mol. The van der Waals surface area contributed by atoms with Crippen molar-refractivity contribution in [3.63, 3.8) is 0 Å². The Morgan fingerprint density at radius 1 is 0.808 bits per heavy atom. The second-order valence-corrected chi connectivity index (χ2v) is 7.38. The molecule has 0 aromatic heterocycles. The van der Waals surface area contributed by atoms with E-state index in [-0.39, 0.29) is 6.61 Å². The van der Waals surface area contributed by atoms with Crippen molar-refractivity contribution in [2.45, 2.75) is 87.9 Å². The molecule has 26 heavy (non-hydrogen) atoms. The van der Waals surface area contributed by atoms with E-state index in [4.69, 9.17) is 18.9 Å². The Hall–Kier alpha value is -0.360. The standard InChI is InChI=1S/C17H30O9/c1-8-15-12(20)14(22)16(24-8)23-6-4-2-3-5-9-10(7-18)25-17(26-15)13(21)11(9)19/h8-22H,2-7H2,1H3/t8?,9?,10?,11-,12+,13?,14?,15?,16-,17+/m0/s1. The minimum atomic E-state index is -1.33. The van der Waals surface area contributed by atoms with Crippen LogP contribution in [0.25, 0.3) is 0 Å². The number of rotatable bonds is 1. The lowest BCUT2D eigenvalue weighted by atomic mass is 9.85. The van der Waals surface area contributed by atoms with Gasteiger partial charge in [0.1, 0.15) is 24.4 Å². The topological polar surface area (TPSA) is 138 Å². The van der Waals surface area contributed by atoms with Gasteiger partial charge in [0.2, 0.25) is 0 Å². The van der Waals surface area contributed by atoms with Gasteiger partial charge in [-0.15, -0.1) is 0 Å². The zero-order chi connectivity index (χ0) is 18.8. The molecule has 0 aromatic carbocycles. The van der Waals surface area contributed by atoms with Gasteiger partial charge >= 0.3 is 0 Å². The van der Waals surface area contributed by atoms with Gasteiger partial charge in [-0.05, 0) is 19.8 Å². The first-order chi connectivity index (χ1) is 12.4. The van der Waals surface area contributed by atoms with Gasteiger partial charge < -0.3 is 44.5 Å². The fourth-order valence-corrected chi connectivity index (χ4v) is 3.98. The van der Waals surface area contributed by atoms with Crippen molar-refractivity contribution in [1.82, 2.24) is 0 Å². The summed E-state index contributed by atoms with van der Waals surface area (Å²) in [6.45, 7) is 1.71. The number of aliphatic hydroxyl groups is 5. The molecule has 0 saturated carbocycles. The summed E-state index contributed by atoms with van der Waals surface area (Å²) in [5.74, 6) is -0.415. The predicted molar refractivity (Wildman–Crippen MR) is 86.9 cm³/mol. The van der Waals surface area contributed by atoms with E-state index in [9.17, 15) is 25.5 Å². The molecule has 5 N–H and O–H groups in total. The number of ether oxygens (including phenoxy) is 4. The normalized spacial score (nSPS) is 51.0. The molecule has 6 fully saturated rings. The molecule has 6 rings (SSSR count). The van der Waals surface area contributed by atoms with E-state index in [2.05, 4.69) is 0 Å². The van der Waals surface area contributed by atoms with Gasteiger partial charge in [0.25, 0.3) is 0 Å². The molecule has 6 saturated heterocycles. The Morgan fingerprint density at radius 2 is 1.54 bits per heavy atom. The van der Waals surface area contributed by atoms with Crippen LogP contribution >= 0.6 is 0 Å². The van der Waals surface area contributed by atoms with Gasteiger partial charge in [-0.1, -0.05) is 12.8 Å². The van der Waals surface area contributed by atoms with Crippen molar-refractivity contribution < 1.29 is 44.5 Å². The summed E-state index contributed by atoms with van der Waals surface area (Å²) in [4.78, 5) is 0. The van der Waals surface area contributed by atoms with Crippen LogP contribution in [0.15, 0.2) is 0 Å². The first-order valence-corrected chi connectivity index (χ1v) is 9.35. The molecular weight excluding hydrogens is 348 g/mol. The lowest BCUT2D eigenvalue weighted by molar-refractivity contribution is -0.351. The van der Waals surface area contributed by atoms with Gasteiger partial charge in [0, 0.05) is 12.5 Å². The summed E-state index contributed by atoms with van der Waals surface area (Å²) in [5.41, 5.74) is 0. The van der Waals surface area contributed by atoms with Crippen molar-refractivity contribution in [1.29, 1.82) is 0 Å². The van der Waals surface area contributed by atoms with Crippen LogP contribution in [-0.4, -0.2) is 94.1 Å². The van der Waals surface area contributed by atoms with E-state index in [1.165, 1.54) is 0 Å². The largest absolute Gasteiger partial charge is 0.394 e. The molecule has 0 aliphatic carbocycles. The summed E-state index contributed by atoms with van der Waals surface area (Å²) in [7, 11) is 0. The van der Waals surface area contributed by atoms with E-state index in [1.54, 1.807) is 6.92 Å². The zero-order valence-electron chi connectivity index (χ0n) is 14.9. The van der Waals surface area contributed by atoms with E-state index >= 15 is 0 Å². The molecule has 0 spiro atoms. The highest BCUT2D eigenvalue weighted by Gasteiger charge is 2.49. The Balaban J connectivity index is 1.83. The third kappa shape index (κ3) is 4.06. The Morgan fingerprint density at radius 3 is 2.27 bits per heavy atom. The van der Waals surface area contributed by atoms with Crippen LogP contribution in [0.2, 0.25) is 0 Å². The maximum absolute atomic E-state index is 10.5. The first kappa shape index (κ1) is 20.4. The highest BCUT2D eigenvalue weighted by molar-refractivity contribution is 4.93. The van der Waals surface area contributed by atoms with E-state index < -0.39 is 61.2 Å². The van der Waals surface area contributed by atoms with Gasteiger partial charge in [0.15, 0.2) is 12.6 Å². The Labute approximate surface area is 152 Å². The molecule has 10 atom stereocenters. The maximum Gasteiger partial charge on any atom is 0.187 e. The van der Waals surface area contributed by atoms with Crippen LogP contribution in [0.4, 0.5) is 0 Å². The third-order valence-corrected chi connectivity index (χ3v) is 5.57. The summed E-state index contributed by atoms with van der Waals surface area (Å²) in [6, 6.07) is 0. The summed E-state index contributed by atoms with van der Waals surface area (Å²) in [5, 5.41) is 51.2. The summed E-state index contributed by atoms with van der Waals surface area (Å²) < 4.78 is 22.5. The molecule has 6 aliphatic heterocycles. The minimum absolute atomic E-state index is 0.318. The monoisotopic (exact) mass is 378 g/mol. The third-order valence-electron chi connectivity index (χ3n) is 5.57. The second-order valence-electron chi connectivity index (χ2n) is 7.38. The highest BCUT2D eigenvalue weighted by Crippen LogP contribution is 2.34. The van der Waals surface area contributed by atoms with Gasteiger partial charge in [-0.2, -0.15) is 0 Å². The predicted octanol–water partition coefficient (Wildman–Crippen LogP) is -1.52. The van der Waals surface area contributed by atoms with Crippen molar-refractivity contribution in [3.8, 4) is 0 Å². The second kappa shape index (κ2) is 8.76. The quantitative estimate of drug-likeness (QED) is 0.368. The summed E-state index contributed by atoms with van der Waals surface area (Å²) >= 11 is 0. The van der Waals surface area contributed by atoms with Crippen LogP contribution in [0.3, 0.4) is 0 Å². The molecule has 152 valence electrons. The number of aliphatic hydroxyl groups excluding tert-OH is 5. The van der Waals surface area contributed by atoms with E-state index in [1.807, 2.05) is 0 Å². The van der Waals surface area contributed by atoms with Crippen molar-refractivity contribution in [2.75, 3.05) is 13.2 Å². The van der Waals surface area contributed by atoms with E-state index in [0.717, 1.165) is 19.3 Å². The van der Waals surface area contributed by atoms with Crippen LogP contribution in [-0.2, 0) is 18.9 Å². The molecule has 0 radical (unpaired) electrons. The number of hydrogen-bond acceptors (Lipinski definition) is 9. The molecule has 9 heteroatoms. The first-order valence-electron chi connectivity index (χ1n) is 9.35. The molecule has 6 aliphatic rings. The molecule has 0 aromatic rings. The highest BCUT2D eigenvalue weighted by atomic mass is 16.7. The van der Waals surface area contributed by atoms with Gasteiger partial charge in [-0.3, -0.25) is 0 Å². The van der Waals surface area contributed by atoms with Gasteiger partial charge in [0.05, 0.1) is 24.9 Å². The minimum Gasteiger partial charge on any atom is -0.394 e. The van der Waals surface area contributed by atoms with E-state index in [0.29, 0.717) is 13.0 Å². The smallest absolute Gasteiger partial charge is 0.187 e. The van der Waals surface area contributed by atoms with Crippen molar-refractivity contribution in [3.05, 3.63) is 0 Å². The number of hydrogen-bond donors (Lipinski definition) is 5. The lowest BCUT2D eigenvalue weighted by Gasteiger charge is -2.46. The molecule has 0 amide bonds. The summed E-state index contributed by atoms with van der Waals surface area (Å²) in [6.07, 6.45) is -6.73. The molecule has 6 heterocycles. The van der Waals surface area contributed by atoms with Crippen LogP contribution in [0, 0.1) is 5.92 Å². The van der Waals surface area contributed by atoms with Crippen LogP contribution in [0.5, 0.6) is 0 Å². The lowest BCUT2D eigenvalue weighted by Crippen LogP contribution is -2.62. The molecule has 9 nitrogen and oxygen atoms in total. The van der Waals surface area contributed by atoms with Gasteiger partial charge in [-0.25, -0.2) is 0 Å². The Bertz CT molecular complexity index is 448. The zero-order valence-corrected chi connectivity index (χ0v) is 14.9. The van der Waals surface area contributed by atoms with Crippen molar-refractivity contribution in [2.24, 2.45) is 5.92 Å². The van der Waals surface area contributed by atoms with Crippen molar-refractivity contribution >= 4 is 0 Å². The fourth-order valence-electron chi connectivity index (χ4n) is 3.98.